The summed E-state index contributed by atoms with van der Waals surface area (Å²) in [7, 11) is 0. The smallest absolute Gasteiger partial charge is 0.320 e. The lowest BCUT2D eigenvalue weighted by atomic mass is 10.0. The summed E-state index contributed by atoms with van der Waals surface area (Å²) >= 11 is 1.90. The largest absolute Gasteiger partial charge is 0.480 e. The van der Waals surface area contributed by atoms with Crippen molar-refractivity contribution in [3.63, 3.8) is 0 Å². The van der Waals surface area contributed by atoms with Crippen molar-refractivity contribution in [2.45, 2.75) is 74.7 Å². The number of nitrogens with one attached hydrogen (secondary N) is 3. The minimum absolute atomic E-state index is 0.0256. The van der Waals surface area contributed by atoms with Crippen molar-refractivity contribution in [3.8, 4) is 0 Å². The molecule has 2 rings (SSSR count). The molecule has 4 atom stereocenters. The van der Waals surface area contributed by atoms with Gasteiger partial charge in [0.1, 0.15) is 6.04 Å². The number of carbonyl (C=O) groups is 4. The van der Waals surface area contributed by atoms with E-state index in [0.717, 1.165) is 31.4 Å². The number of amides is 3. The van der Waals surface area contributed by atoms with Crippen molar-refractivity contribution in [3.05, 3.63) is 0 Å². The summed E-state index contributed by atoms with van der Waals surface area (Å²) in [5, 5.41) is 17.9. The van der Waals surface area contributed by atoms with E-state index in [0.29, 0.717) is 64.3 Å². The number of esters is 1. The predicted octanol–water partition coefficient (Wildman–Crippen LogP) is 0.394. The second-order valence-electron chi connectivity index (χ2n) is 9.47. The molecule has 0 unspecified atom stereocenters. The van der Waals surface area contributed by atoms with Crippen molar-refractivity contribution < 1.29 is 43.2 Å². The van der Waals surface area contributed by atoms with E-state index in [2.05, 4.69) is 16.0 Å². The lowest BCUT2D eigenvalue weighted by Gasteiger charge is -2.16. The molecular weight excluding hydrogens is 532 g/mol. The first-order valence-corrected chi connectivity index (χ1v) is 14.7. The average molecular weight is 577 g/mol. The minimum Gasteiger partial charge on any atom is -0.480 e. The number of hydrogen-bond donors (Lipinski definition) is 5. The molecule has 224 valence electrons. The molecule has 13 nitrogen and oxygen atoms in total. The van der Waals surface area contributed by atoms with Crippen LogP contribution in [0.2, 0.25) is 0 Å². The first-order chi connectivity index (χ1) is 18.9. The number of nitrogens with two attached hydrogens (primary N) is 1. The molecule has 0 bridgehead atoms. The SMILES string of the molecule is N[C@@H](CCC(=O)OCCCOCCOCCOCCCNC(=O)CCCC[C@@H]1SC[C@@H]2NC(=O)N[C@@H]21)C(=O)O. The van der Waals surface area contributed by atoms with Gasteiger partial charge >= 0.3 is 18.0 Å². The Kier molecular flexibility index (Phi) is 16.8. The Morgan fingerprint density at radius 3 is 2.36 bits per heavy atom. The molecule has 0 saturated carbocycles. The molecular formula is C25H44N4O9S. The number of urea groups is 1. The maximum absolute atomic E-state index is 12.0. The first-order valence-electron chi connectivity index (χ1n) is 13.7. The van der Waals surface area contributed by atoms with Crippen LogP contribution in [0.25, 0.3) is 0 Å². The molecule has 2 saturated heterocycles. The Hall–Kier alpha value is -2.13. The lowest BCUT2D eigenvalue weighted by Crippen LogP contribution is -2.36. The van der Waals surface area contributed by atoms with Crippen LogP contribution in [0.5, 0.6) is 0 Å². The number of rotatable bonds is 23. The van der Waals surface area contributed by atoms with Crippen molar-refractivity contribution in [1.29, 1.82) is 0 Å². The van der Waals surface area contributed by atoms with Crippen LogP contribution in [0.1, 0.15) is 51.4 Å². The van der Waals surface area contributed by atoms with Crippen LogP contribution in [-0.2, 0) is 33.3 Å². The van der Waals surface area contributed by atoms with Gasteiger partial charge in [0.2, 0.25) is 5.91 Å². The highest BCUT2D eigenvalue weighted by atomic mass is 32.2. The molecule has 2 aliphatic rings. The fourth-order valence-electron chi connectivity index (χ4n) is 4.12. The first kappa shape index (κ1) is 33.1. The van der Waals surface area contributed by atoms with Gasteiger partial charge in [-0.1, -0.05) is 6.42 Å². The highest BCUT2D eigenvalue weighted by Gasteiger charge is 2.42. The lowest BCUT2D eigenvalue weighted by molar-refractivity contribution is -0.144. The van der Waals surface area contributed by atoms with E-state index in [4.69, 9.17) is 29.8 Å². The van der Waals surface area contributed by atoms with Crippen LogP contribution >= 0.6 is 11.8 Å². The summed E-state index contributed by atoms with van der Waals surface area (Å²) in [6.45, 7) is 3.52. The van der Waals surface area contributed by atoms with Crippen molar-refractivity contribution in [2.24, 2.45) is 5.73 Å². The fraction of sp³-hybridized carbons (Fsp3) is 0.840. The monoisotopic (exact) mass is 576 g/mol. The molecule has 0 aromatic rings. The molecule has 2 fully saturated rings. The highest BCUT2D eigenvalue weighted by molar-refractivity contribution is 8.00. The Labute approximate surface area is 233 Å². The van der Waals surface area contributed by atoms with Crippen LogP contribution in [0.4, 0.5) is 4.79 Å². The quantitative estimate of drug-likeness (QED) is 0.0643. The van der Waals surface area contributed by atoms with E-state index < -0.39 is 18.0 Å². The number of unbranched alkanes of at least 4 members (excludes halogenated alkanes) is 1. The predicted molar refractivity (Wildman–Crippen MR) is 144 cm³/mol. The normalized spacial score (nSPS) is 20.6. The van der Waals surface area contributed by atoms with Crippen LogP contribution in [0.15, 0.2) is 0 Å². The van der Waals surface area contributed by atoms with E-state index in [1.165, 1.54) is 0 Å². The second-order valence-corrected chi connectivity index (χ2v) is 10.7. The van der Waals surface area contributed by atoms with Gasteiger partial charge in [-0.3, -0.25) is 14.4 Å². The third kappa shape index (κ3) is 14.7. The second kappa shape index (κ2) is 19.9. The van der Waals surface area contributed by atoms with Crippen LogP contribution < -0.4 is 21.7 Å². The van der Waals surface area contributed by atoms with Crippen molar-refractivity contribution >= 4 is 35.6 Å². The standard InChI is InChI=1S/C25H44N4O9S/c26-18(24(32)33)7-8-22(31)38-12-4-11-36-14-16-37-15-13-35-10-3-9-27-21(30)6-2-1-5-20-23-19(17-39-20)28-25(34)29-23/h18-20,23H,1-17,26H2,(H,27,30)(H,32,33)(H2,28,29,34)/t18-,19-,20-,23-/m0/s1. The number of carboxylic acid groups (broad SMARTS) is 1. The number of hydrogen-bond acceptors (Lipinski definition) is 10. The zero-order chi connectivity index (χ0) is 28.3. The molecule has 6 N–H and O–H groups in total. The summed E-state index contributed by atoms with van der Waals surface area (Å²) in [5.74, 6) is -0.593. The number of fused-ring (bicyclic) bond motifs is 1. The van der Waals surface area contributed by atoms with Gasteiger partial charge in [0, 0.05) is 50.0 Å². The molecule has 14 heteroatoms. The molecule has 2 aliphatic heterocycles. The number of thioether (sulfide) groups is 1. The Morgan fingerprint density at radius 2 is 1.64 bits per heavy atom. The van der Waals surface area contributed by atoms with Gasteiger partial charge in [0.15, 0.2) is 0 Å². The van der Waals surface area contributed by atoms with Gasteiger partial charge in [-0.05, 0) is 25.7 Å². The van der Waals surface area contributed by atoms with Crippen molar-refractivity contribution in [1.82, 2.24) is 16.0 Å². The minimum atomic E-state index is -1.14. The topological polar surface area (TPSA) is 188 Å². The van der Waals surface area contributed by atoms with E-state index in [1.807, 2.05) is 11.8 Å². The molecule has 0 aromatic carbocycles. The van der Waals surface area contributed by atoms with Gasteiger partial charge in [-0.25, -0.2) is 4.79 Å². The Morgan fingerprint density at radius 1 is 0.949 bits per heavy atom. The number of carbonyl (C=O) groups excluding carboxylic acids is 3. The summed E-state index contributed by atoms with van der Waals surface area (Å²) in [6, 6.07) is -0.661. The molecule has 0 spiro atoms. The van der Waals surface area contributed by atoms with Gasteiger partial charge in [-0.2, -0.15) is 11.8 Å². The Balaban J connectivity index is 1.26. The number of ether oxygens (including phenoxy) is 4. The summed E-state index contributed by atoms with van der Waals surface area (Å²) in [5.41, 5.74) is 5.33. The third-order valence-electron chi connectivity index (χ3n) is 6.28. The molecule has 3 amide bonds. The molecule has 0 radical (unpaired) electrons. The zero-order valence-electron chi connectivity index (χ0n) is 22.5. The molecule has 2 heterocycles. The maximum Gasteiger partial charge on any atom is 0.320 e. The van der Waals surface area contributed by atoms with Gasteiger partial charge in [0.05, 0.1) is 45.1 Å². The van der Waals surface area contributed by atoms with Crippen LogP contribution in [0.3, 0.4) is 0 Å². The summed E-state index contributed by atoms with van der Waals surface area (Å²) in [6.07, 6.45) is 4.64. The van der Waals surface area contributed by atoms with E-state index in [9.17, 15) is 19.2 Å². The Bertz CT molecular complexity index is 761. The number of carboxylic acids is 1. The summed E-state index contributed by atoms with van der Waals surface area (Å²) < 4.78 is 21.3. The molecule has 0 aromatic heterocycles. The zero-order valence-corrected chi connectivity index (χ0v) is 23.3. The van der Waals surface area contributed by atoms with Gasteiger partial charge < -0.3 is 45.7 Å². The molecule has 0 aliphatic carbocycles. The molecule has 39 heavy (non-hydrogen) atoms. The number of aliphatic carboxylic acids is 1. The fourth-order valence-corrected chi connectivity index (χ4v) is 5.67. The maximum atomic E-state index is 12.0. The van der Waals surface area contributed by atoms with E-state index in [1.54, 1.807) is 0 Å². The van der Waals surface area contributed by atoms with Crippen LogP contribution in [0, 0.1) is 0 Å². The van der Waals surface area contributed by atoms with Gasteiger partial charge in [-0.15, -0.1) is 0 Å². The highest BCUT2D eigenvalue weighted by Crippen LogP contribution is 2.33. The summed E-state index contributed by atoms with van der Waals surface area (Å²) in [4.78, 5) is 45.5. The third-order valence-corrected chi connectivity index (χ3v) is 7.79. The van der Waals surface area contributed by atoms with Gasteiger partial charge in [0.25, 0.3) is 0 Å². The van der Waals surface area contributed by atoms with E-state index >= 15 is 0 Å². The van der Waals surface area contributed by atoms with Crippen molar-refractivity contribution in [2.75, 3.05) is 58.5 Å². The van der Waals surface area contributed by atoms with E-state index in [-0.39, 0.29) is 43.5 Å². The van der Waals surface area contributed by atoms with Crippen LogP contribution in [-0.4, -0.2) is 111 Å². The average Bonchev–Trinajstić information content (AvgIpc) is 3.46.